The minimum Gasteiger partial charge on any atom is -0.339 e. The second-order valence-corrected chi connectivity index (χ2v) is 6.41. The molecule has 3 heterocycles. The highest BCUT2D eigenvalue weighted by Gasteiger charge is 2.33. The van der Waals surface area contributed by atoms with Crippen molar-refractivity contribution in [2.24, 2.45) is 0 Å². The van der Waals surface area contributed by atoms with Gasteiger partial charge in [0.1, 0.15) is 0 Å². The lowest BCUT2D eigenvalue weighted by Crippen LogP contribution is -2.23. The topological polar surface area (TPSA) is 80.8 Å². The molecule has 122 valence electrons. The third kappa shape index (κ3) is 2.80. The van der Waals surface area contributed by atoms with E-state index in [2.05, 4.69) is 39.1 Å². The molecule has 0 amide bonds. The minimum atomic E-state index is 0.273. The van der Waals surface area contributed by atoms with Crippen molar-refractivity contribution >= 4 is 5.95 Å². The summed E-state index contributed by atoms with van der Waals surface area (Å²) >= 11 is 0. The molecule has 2 aromatic heterocycles. The van der Waals surface area contributed by atoms with Crippen LogP contribution in [0.4, 0.5) is 5.95 Å². The van der Waals surface area contributed by atoms with Crippen LogP contribution in [0.5, 0.6) is 0 Å². The molecule has 7 heteroatoms. The van der Waals surface area contributed by atoms with E-state index in [1.165, 1.54) is 12.8 Å². The van der Waals surface area contributed by atoms with Gasteiger partial charge in [0.05, 0.1) is 17.3 Å². The summed E-state index contributed by atoms with van der Waals surface area (Å²) in [5.41, 5.74) is 2.05. The van der Waals surface area contributed by atoms with Crippen molar-refractivity contribution in [1.29, 1.82) is 0 Å². The molecule has 1 saturated heterocycles. The van der Waals surface area contributed by atoms with Crippen LogP contribution < -0.4 is 4.90 Å². The zero-order chi connectivity index (χ0) is 15.8. The fourth-order valence-corrected chi connectivity index (χ4v) is 3.13. The Kier molecular flexibility index (Phi) is 3.71. The highest BCUT2D eigenvalue weighted by atomic mass is 16.5. The number of hydrogen-bond donors (Lipinski definition) is 0. The van der Waals surface area contributed by atoms with Crippen LogP contribution in [0.25, 0.3) is 0 Å². The van der Waals surface area contributed by atoms with E-state index in [1.807, 2.05) is 0 Å². The molecule has 0 N–H and O–H groups in total. The molecule has 23 heavy (non-hydrogen) atoms. The SMILES string of the molecule is CCc1nnc(N2CCC(c3nc(C4CC4)no3)C2)nc1CC. The Bertz CT molecular complexity index is 696. The Labute approximate surface area is 135 Å². The first-order valence-corrected chi connectivity index (χ1v) is 8.59. The van der Waals surface area contributed by atoms with Crippen LogP contribution in [0.2, 0.25) is 0 Å². The smallest absolute Gasteiger partial charge is 0.245 e. The normalized spacial score (nSPS) is 21.1. The predicted octanol–water partition coefficient (Wildman–Crippen LogP) is 2.25. The molecule has 1 atom stereocenters. The number of aryl methyl sites for hydroxylation is 2. The fourth-order valence-electron chi connectivity index (χ4n) is 3.13. The van der Waals surface area contributed by atoms with E-state index >= 15 is 0 Å². The summed E-state index contributed by atoms with van der Waals surface area (Å²) < 4.78 is 5.47. The van der Waals surface area contributed by atoms with Crippen molar-refractivity contribution < 1.29 is 4.52 Å². The zero-order valence-corrected chi connectivity index (χ0v) is 13.7. The summed E-state index contributed by atoms with van der Waals surface area (Å²) in [4.78, 5) is 11.5. The van der Waals surface area contributed by atoms with Crippen molar-refractivity contribution in [1.82, 2.24) is 25.3 Å². The van der Waals surface area contributed by atoms with Crippen molar-refractivity contribution in [3.63, 3.8) is 0 Å². The van der Waals surface area contributed by atoms with Gasteiger partial charge in [-0.1, -0.05) is 19.0 Å². The van der Waals surface area contributed by atoms with Gasteiger partial charge in [0, 0.05) is 19.0 Å². The van der Waals surface area contributed by atoms with Crippen molar-refractivity contribution in [2.45, 2.75) is 57.8 Å². The summed E-state index contributed by atoms with van der Waals surface area (Å²) in [6.07, 6.45) is 5.14. The van der Waals surface area contributed by atoms with Gasteiger partial charge in [-0.05, 0) is 32.1 Å². The van der Waals surface area contributed by atoms with E-state index in [0.29, 0.717) is 5.92 Å². The van der Waals surface area contributed by atoms with Gasteiger partial charge in [-0.25, -0.2) is 4.98 Å². The molecular formula is C16H22N6O. The number of hydrogen-bond acceptors (Lipinski definition) is 7. The first-order valence-electron chi connectivity index (χ1n) is 8.59. The maximum absolute atomic E-state index is 5.47. The van der Waals surface area contributed by atoms with Gasteiger partial charge >= 0.3 is 0 Å². The Morgan fingerprint density at radius 3 is 2.57 bits per heavy atom. The monoisotopic (exact) mass is 314 g/mol. The number of anilines is 1. The molecule has 0 aromatic carbocycles. The zero-order valence-electron chi connectivity index (χ0n) is 13.7. The molecule has 2 fully saturated rings. The summed E-state index contributed by atoms with van der Waals surface area (Å²) in [5.74, 6) is 3.18. The Morgan fingerprint density at radius 1 is 1.00 bits per heavy atom. The summed E-state index contributed by atoms with van der Waals surface area (Å²) in [6, 6.07) is 0. The largest absolute Gasteiger partial charge is 0.339 e. The van der Waals surface area contributed by atoms with Crippen LogP contribution in [0, 0.1) is 0 Å². The van der Waals surface area contributed by atoms with E-state index in [4.69, 9.17) is 9.51 Å². The number of aromatic nitrogens is 5. The molecule has 0 spiro atoms. The Morgan fingerprint density at radius 2 is 1.83 bits per heavy atom. The van der Waals surface area contributed by atoms with Gasteiger partial charge in [0.15, 0.2) is 5.82 Å². The van der Waals surface area contributed by atoms with Crippen molar-refractivity contribution in [3.05, 3.63) is 23.1 Å². The number of rotatable bonds is 5. The quantitative estimate of drug-likeness (QED) is 0.837. The molecule has 2 aromatic rings. The van der Waals surface area contributed by atoms with Crippen molar-refractivity contribution in [3.8, 4) is 0 Å². The highest BCUT2D eigenvalue weighted by molar-refractivity contribution is 5.33. The van der Waals surface area contributed by atoms with Crippen LogP contribution in [0.3, 0.4) is 0 Å². The average Bonchev–Trinajstić information content (AvgIpc) is 3.13. The predicted molar refractivity (Wildman–Crippen MR) is 84.4 cm³/mol. The van der Waals surface area contributed by atoms with E-state index in [9.17, 15) is 0 Å². The van der Waals surface area contributed by atoms with Crippen LogP contribution in [-0.4, -0.2) is 38.4 Å². The third-order valence-corrected chi connectivity index (χ3v) is 4.72. The summed E-state index contributed by atoms with van der Waals surface area (Å²) in [6.45, 7) is 5.92. The summed E-state index contributed by atoms with van der Waals surface area (Å²) in [5, 5.41) is 12.8. The fraction of sp³-hybridized carbons (Fsp3) is 0.688. The first-order chi connectivity index (χ1) is 11.3. The average molecular weight is 314 g/mol. The van der Waals surface area contributed by atoms with E-state index in [-0.39, 0.29) is 5.92 Å². The molecular weight excluding hydrogens is 292 g/mol. The van der Waals surface area contributed by atoms with Gasteiger partial charge in [-0.3, -0.25) is 0 Å². The lowest BCUT2D eigenvalue weighted by Gasteiger charge is -2.16. The van der Waals surface area contributed by atoms with Crippen LogP contribution >= 0.6 is 0 Å². The van der Waals surface area contributed by atoms with Crippen LogP contribution in [0.1, 0.15) is 68.0 Å². The molecule has 0 radical (unpaired) electrons. The Hall–Kier alpha value is -2.05. The highest BCUT2D eigenvalue weighted by Crippen LogP contribution is 2.39. The molecule has 1 aliphatic carbocycles. The molecule has 7 nitrogen and oxygen atoms in total. The lowest BCUT2D eigenvalue weighted by atomic mass is 10.1. The number of nitrogens with zero attached hydrogens (tertiary/aromatic N) is 6. The van der Waals surface area contributed by atoms with E-state index in [1.54, 1.807) is 0 Å². The standard InChI is InChI=1S/C16H22N6O/c1-3-12-13(4-2)19-20-16(17-12)22-8-7-11(9-22)15-18-14(21-23-15)10-5-6-10/h10-11H,3-9H2,1-2H3. The lowest BCUT2D eigenvalue weighted by molar-refractivity contribution is 0.355. The van der Waals surface area contributed by atoms with Gasteiger partial charge in [-0.2, -0.15) is 10.1 Å². The van der Waals surface area contributed by atoms with Crippen molar-refractivity contribution in [2.75, 3.05) is 18.0 Å². The molecule has 1 aliphatic heterocycles. The van der Waals surface area contributed by atoms with Gasteiger partial charge in [0.2, 0.25) is 11.8 Å². The summed E-state index contributed by atoms with van der Waals surface area (Å²) in [7, 11) is 0. The second kappa shape index (κ2) is 5.86. The third-order valence-electron chi connectivity index (χ3n) is 4.72. The molecule has 2 aliphatic rings. The van der Waals surface area contributed by atoms with Gasteiger partial charge < -0.3 is 9.42 Å². The molecule has 0 bridgehead atoms. The first kappa shape index (κ1) is 14.5. The second-order valence-electron chi connectivity index (χ2n) is 6.41. The molecule has 1 unspecified atom stereocenters. The van der Waals surface area contributed by atoms with E-state index in [0.717, 1.165) is 61.4 Å². The molecule has 1 saturated carbocycles. The van der Waals surface area contributed by atoms with Gasteiger partial charge in [-0.15, -0.1) is 5.10 Å². The maximum atomic E-state index is 5.47. The molecule has 4 rings (SSSR count). The van der Waals surface area contributed by atoms with Gasteiger partial charge in [0.25, 0.3) is 0 Å². The minimum absolute atomic E-state index is 0.273. The van der Waals surface area contributed by atoms with Crippen LogP contribution in [-0.2, 0) is 12.8 Å². The van der Waals surface area contributed by atoms with E-state index < -0.39 is 0 Å². The van der Waals surface area contributed by atoms with Crippen LogP contribution in [0.15, 0.2) is 4.52 Å². The maximum Gasteiger partial charge on any atom is 0.245 e. The Balaban J connectivity index is 1.48.